The van der Waals surface area contributed by atoms with Crippen LogP contribution >= 0.6 is 0 Å². The van der Waals surface area contributed by atoms with Gasteiger partial charge in [0.05, 0.1) is 18.6 Å². The lowest BCUT2D eigenvalue weighted by Crippen LogP contribution is -2.33. The quantitative estimate of drug-likeness (QED) is 0.722. The van der Waals surface area contributed by atoms with E-state index in [-0.39, 0.29) is 12.3 Å². The Morgan fingerprint density at radius 1 is 0.962 bits per heavy atom. The molecule has 0 heterocycles. The second-order valence-electron chi connectivity index (χ2n) is 6.89. The average Bonchev–Trinajstić information content (AvgIpc) is 2.61. The van der Waals surface area contributed by atoms with Gasteiger partial charge >= 0.3 is 5.97 Å². The summed E-state index contributed by atoms with van der Waals surface area (Å²) in [4.78, 5) is 23.2. The smallest absolute Gasteiger partial charge is 0.309 e. The SMILES string of the molecule is CC(C)(CC(=O)NCc1ccccc1COCc1ccccc1)C(=O)O. The van der Waals surface area contributed by atoms with Crippen molar-refractivity contribution < 1.29 is 19.4 Å². The largest absolute Gasteiger partial charge is 0.481 e. The molecule has 0 radical (unpaired) electrons. The minimum atomic E-state index is -1.08. The van der Waals surface area contributed by atoms with E-state index in [9.17, 15) is 9.59 Å². The first kappa shape index (κ1) is 19.7. The summed E-state index contributed by atoms with van der Waals surface area (Å²) in [6, 6.07) is 17.7. The fraction of sp³-hybridized carbons (Fsp3) is 0.333. The predicted molar refractivity (Wildman–Crippen MR) is 99.3 cm³/mol. The van der Waals surface area contributed by atoms with E-state index < -0.39 is 11.4 Å². The van der Waals surface area contributed by atoms with Gasteiger partial charge < -0.3 is 15.2 Å². The molecule has 0 spiro atoms. The molecule has 0 aliphatic rings. The number of aliphatic carboxylic acids is 1. The monoisotopic (exact) mass is 355 g/mol. The van der Waals surface area contributed by atoms with E-state index in [1.54, 1.807) is 13.8 Å². The van der Waals surface area contributed by atoms with E-state index >= 15 is 0 Å². The Bertz CT molecular complexity index is 741. The van der Waals surface area contributed by atoms with Crippen LogP contribution < -0.4 is 5.32 Å². The van der Waals surface area contributed by atoms with Gasteiger partial charge in [0.15, 0.2) is 0 Å². The van der Waals surface area contributed by atoms with Crippen LogP contribution in [0.2, 0.25) is 0 Å². The molecule has 0 aliphatic carbocycles. The summed E-state index contributed by atoms with van der Waals surface area (Å²) in [6.45, 7) is 4.40. The number of rotatable bonds is 9. The van der Waals surface area contributed by atoms with Gasteiger partial charge in [0, 0.05) is 13.0 Å². The highest BCUT2D eigenvalue weighted by Gasteiger charge is 2.29. The summed E-state index contributed by atoms with van der Waals surface area (Å²) in [7, 11) is 0. The zero-order valence-corrected chi connectivity index (χ0v) is 15.2. The standard InChI is InChI=1S/C21H25NO4/c1-21(2,20(24)25)12-19(23)22-13-17-10-6-7-11-18(17)15-26-14-16-8-4-3-5-9-16/h3-11H,12-15H2,1-2H3,(H,22,23)(H,24,25). The zero-order valence-electron chi connectivity index (χ0n) is 15.2. The first-order valence-electron chi connectivity index (χ1n) is 8.57. The lowest BCUT2D eigenvalue weighted by Gasteiger charge is -2.18. The number of carbonyl (C=O) groups excluding carboxylic acids is 1. The van der Waals surface area contributed by atoms with Gasteiger partial charge in [-0.05, 0) is 30.5 Å². The summed E-state index contributed by atoms with van der Waals surface area (Å²) in [5, 5.41) is 11.9. The maximum Gasteiger partial charge on any atom is 0.309 e. The van der Waals surface area contributed by atoms with Crippen LogP contribution in [0.15, 0.2) is 54.6 Å². The van der Waals surface area contributed by atoms with Gasteiger partial charge in [-0.3, -0.25) is 9.59 Å². The van der Waals surface area contributed by atoms with E-state index in [1.165, 1.54) is 0 Å². The number of nitrogens with one attached hydrogen (secondary N) is 1. The minimum absolute atomic E-state index is 0.0605. The molecule has 2 aromatic carbocycles. The number of carboxylic acids is 1. The summed E-state index contributed by atoms with van der Waals surface area (Å²) in [5.41, 5.74) is 1.99. The van der Waals surface area contributed by atoms with Gasteiger partial charge in [0.1, 0.15) is 0 Å². The fourth-order valence-electron chi connectivity index (χ4n) is 2.46. The van der Waals surface area contributed by atoms with Gasteiger partial charge in [-0.1, -0.05) is 54.6 Å². The first-order valence-corrected chi connectivity index (χ1v) is 8.57. The fourth-order valence-corrected chi connectivity index (χ4v) is 2.46. The third kappa shape index (κ3) is 6.01. The van der Waals surface area contributed by atoms with Gasteiger partial charge in [-0.2, -0.15) is 0 Å². The van der Waals surface area contributed by atoms with Crippen LogP contribution in [0.4, 0.5) is 0 Å². The van der Waals surface area contributed by atoms with Crippen molar-refractivity contribution in [3.63, 3.8) is 0 Å². The van der Waals surface area contributed by atoms with Crippen LogP contribution in [0.1, 0.15) is 37.0 Å². The molecule has 2 aromatic rings. The summed E-state index contributed by atoms with van der Waals surface area (Å²) < 4.78 is 5.77. The number of carboxylic acid groups (broad SMARTS) is 1. The Kier molecular flexibility index (Phi) is 6.92. The van der Waals surface area contributed by atoms with E-state index in [0.29, 0.717) is 19.8 Å². The van der Waals surface area contributed by atoms with Crippen LogP contribution in [0, 0.1) is 5.41 Å². The number of carbonyl (C=O) groups is 2. The van der Waals surface area contributed by atoms with Crippen molar-refractivity contribution in [3.8, 4) is 0 Å². The third-order valence-corrected chi connectivity index (χ3v) is 4.14. The Hall–Kier alpha value is -2.66. The topological polar surface area (TPSA) is 75.6 Å². The maximum absolute atomic E-state index is 12.0. The third-order valence-electron chi connectivity index (χ3n) is 4.14. The number of amides is 1. The van der Waals surface area contributed by atoms with E-state index in [0.717, 1.165) is 16.7 Å². The predicted octanol–water partition coefficient (Wildman–Crippen LogP) is 3.52. The molecule has 0 saturated carbocycles. The van der Waals surface area contributed by atoms with E-state index in [1.807, 2.05) is 54.6 Å². The van der Waals surface area contributed by atoms with Gasteiger partial charge in [0.2, 0.25) is 5.91 Å². The highest BCUT2D eigenvalue weighted by molar-refractivity contribution is 5.84. The molecule has 2 rings (SSSR count). The van der Waals surface area contributed by atoms with Crippen molar-refractivity contribution in [1.29, 1.82) is 0 Å². The first-order chi connectivity index (χ1) is 12.4. The number of ether oxygens (including phenoxy) is 1. The van der Waals surface area contributed by atoms with Crippen molar-refractivity contribution in [3.05, 3.63) is 71.3 Å². The molecule has 1 amide bonds. The molecular weight excluding hydrogens is 330 g/mol. The summed E-state index contributed by atoms with van der Waals surface area (Å²) in [6.07, 6.45) is -0.0605. The average molecular weight is 355 g/mol. The molecule has 0 aromatic heterocycles. The van der Waals surface area contributed by atoms with Gasteiger partial charge in [0.25, 0.3) is 0 Å². The molecular formula is C21H25NO4. The lowest BCUT2D eigenvalue weighted by molar-refractivity contribution is -0.149. The second-order valence-corrected chi connectivity index (χ2v) is 6.89. The molecule has 5 nitrogen and oxygen atoms in total. The van der Waals surface area contributed by atoms with Crippen LogP contribution in [0.25, 0.3) is 0 Å². The molecule has 0 fully saturated rings. The molecule has 0 bridgehead atoms. The lowest BCUT2D eigenvalue weighted by atomic mass is 9.89. The van der Waals surface area contributed by atoms with Crippen molar-refractivity contribution in [1.82, 2.24) is 5.32 Å². The molecule has 5 heteroatoms. The summed E-state index contributed by atoms with van der Waals surface area (Å²) >= 11 is 0. The number of hydrogen-bond acceptors (Lipinski definition) is 3. The van der Waals surface area contributed by atoms with Crippen LogP contribution in [-0.4, -0.2) is 17.0 Å². The van der Waals surface area contributed by atoms with Crippen molar-refractivity contribution in [2.24, 2.45) is 5.41 Å². The molecule has 0 aliphatic heterocycles. The molecule has 0 saturated heterocycles. The number of hydrogen-bond donors (Lipinski definition) is 2. The Morgan fingerprint density at radius 2 is 1.58 bits per heavy atom. The van der Waals surface area contributed by atoms with Crippen molar-refractivity contribution in [2.75, 3.05) is 0 Å². The number of benzene rings is 2. The second kappa shape index (κ2) is 9.15. The molecule has 138 valence electrons. The molecule has 26 heavy (non-hydrogen) atoms. The molecule has 0 atom stereocenters. The summed E-state index contributed by atoms with van der Waals surface area (Å²) in [5.74, 6) is -1.26. The normalized spacial score (nSPS) is 11.2. The van der Waals surface area contributed by atoms with Gasteiger partial charge in [-0.25, -0.2) is 0 Å². The highest BCUT2D eigenvalue weighted by atomic mass is 16.5. The van der Waals surface area contributed by atoms with Gasteiger partial charge in [-0.15, -0.1) is 0 Å². The molecule has 2 N–H and O–H groups in total. The highest BCUT2D eigenvalue weighted by Crippen LogP contribution is 2.20. The van der Waals surface area contributed by atoms with Crippen molar-refractivity contribution in [2.45, 2.75) is 40.0 Å². The van der Waals surface area contributed by atoms with Crippen LogP contribution in [0.3, 0.4) is 0 Å². The van der Waals surface area contributed by atoms with E-state index in [4.69, 9.17) is 9.84 Å². The van der Waals surface area contributed by atoms with Crippen LogP contribution in [-0.2, 0) is 34.1 Å². The Morgan fingerprint density at radius 3 is 2.23 bits per heavy atom. The minimum Gasteiger partial charge on any atom is -0.481 e. The maximum atomic E-state index is 12.0. The van der Waals surface area contributed by atoms with Crippen molar-refractivity contribution >= 4 is 11.9 Å². The zero-order chi connectivity index (χ0) is 19.0. The molecule has 0 unspecified atom stereocenters. The Balaban J connectivity index is 1.88. The Labute approximate surface area is 154 Å². The van der Waals surface area contributed by atoms with Crippen LogP contribution in [0.5, 0.6) is 0 Å². The van der Waals surface area contributed by atoms with E-state index in [2.05, 4.69) is 5.32 Å².